The number of rotatable bonds is 5. The highest BCUT2D eigenvalue weighted by Gasteiger charge is 2.46. The lowest BCUT2D eigenvalue weighted by Crippen LogP contribution is -2.47. The molecule has 4 rings (SSSR count). The summed E-state index contributed by atoms with van der Waals surface area (Å²) in [5.74, 6) is 1.10. The lowest BCUT2D eigenvalue weighted by atomic mass is 9.85. The Bertz CT molecular complexity index is 770. The van der Waals surface area contributed by atoms with Crippen LogP contribution in [0, 0.1) is 17.2 Å². The van der Waals surface area contributed by atoms with Gasteiger partial charge in [0.15, 0.2) is 17.3 Å². The van der Waals surface area contributed by atoms with Crippen molar-refractivity contribution in [1.82, 2.24) is 4.90 Å². The monoisotopic (exact) mass is 405 g/mol. The van der Waals surface area contributed by atoms with Crippen molar-refractivity contribution in [2.24, 2.45) is 11.3 Å². The Balaban J connectivity index is 1.53. The summed E-state index contributed by atoms with van der Waals surface area (Å²) in [4.78, 5) is 2.45. The summed E-state index contributed by atoms with van der Waals surface area (Å²) < 4.78 is 33.2. The summed E-state index contributed by atoms with van der Waals surface area (Å²) in [6, 6.07) is 2.26. The van der Waals surface area contributed by atoms with Crippen molar-refractivity contribution in [3.63, 3.8) is 0 Å². The second-order valence-electron chi connectivity index (χ2n) is 10.7. The van der Waals surface area contributed by atoms with Gasteiger partial charge in [-0.2, -0.15) is 0 Å². The number of benzene rings is 1. The van der Waals surface area contributed by atoms with E-state index in [9.17, 15) is 0 Å². The molecule has 2 heterocycles. The lowest BCUT2D eigenvalue weighted by Gasteiger charge is -2.45. The minimum atomic E-state index is -0.217. The van der Waals surface area contributed by atoms with Gasteiger partial charge in [0.05, 0.1) is 25.4 Å². The zero-order valence-electron chi connectivity index (χ0n) is 18.8. The molecule has 1 aliphatic carbocycles. The van der Waals surface area contributed by atoms with Crippen LogP contribution < -0.4 is 9.47 Å². The number of hydrogen-bond donors (Lipinski definition) is 0. The first-order valence-corrected chi connectivity index (χ1v) is 11.0. The van der Waals surface area contributed by atoms with Gasteiger partial charge in [-0.05, 0) is 75.0 Å². The molecule has 2 aliphatic heterocycles. The molecule has 3 atom stereocenters. The van der Waals surface area contributed by atoms with E-state index in [-0.39, 0.29) is 23.6 Å². The topological polar surface area (TPSA) is 30.9 Å². The van der Waals surface area contributed by atoms with Gasteiger partial charge >= 0.3 is 0 Å². The molecule has 0 bridgehead atoms. The minimum Gasteiger partial charge on any atom is -0.493 e. The van der Waals surface area contributed by atoms with Gasteiger partial charge in [0.25, 0.3) is 0 Å². The molecular weight excluding hydrogens is 369 g/mol. The maximum Gasteiger partial charge on any atom is 0.197 e. The van der Waals surface area contributed by atoms with Crippen LogP contribution in [0.1, 0.15) is 71.0 Å². The summed E-state index contributed by atoms with van der Waals surface area (Å²) in [6.07, 6.45) is 4.05. The fourth-order valence-electron chi connectivity index (χ4n) is 5.01. The summed E-state index contributed by atoms with van der Waals surface area (Å²) in [5.41, 5.74) is 2.06. The van der Waals surface area contributed by atoms with Gasteiger partial charge in [-0.3, -0.25) is 4.90 Å². The van der Waals surface area contributed by atoms with Crippen LogP contribution in [0.4, 0.5) is 4.39 Å². The summed E-state index contributed by atoms with van der Waals surface area (Å²) in [6.45, 7) is 13.1. The Labute approximate surface area is 174 Å². The Morgan fingerprint density at radius 3 is 2.59 bits per heavy atom. The van der Waals surface area contributed by atoms with Crippen molar-refractivity contribution < 1.29 is 18.6 Å². The normalized spacial score (nSPS) is 28.4. The minimum absolute atomic E-state index is 0.136. The first kappa shape index (κ1) is 20.9. The van der Waals surface area contributed by atoms with Gasteiger partial charge in [-0.15, -0.1) is 0 Å². The molecule has 162 valence electrons. The van der Waals surface area contributed by atoms with Crippen molar-refractivity contribution >= 4 is 0 Å². The van der Waals surface area contributed by atoms with Gasteiger partial charge < -0.3 is 14.2 Å². The second kappa shape index (κ2) is 7.42. The van der Waals surface area contributed by atoms with E-state index in [0.29, 0.717) is 35.9 Å². The molecule has 1 saturated carbocycles. The van der Waals surface area contributed by atoms with Crippen LogP contribution in [0.5, 0.6) is 11.5 Å². The Kier molecular flexibility index (Phi) is 5.35. The SMILES string of the molecule is COc1cc2c(c(F)c1OCC1CC1(C)C)CCN1CC(OC(C)(C)C)CCC21. The van der Waals surface area contributed by atoms with Crippen LogP contribution >= 0.6 is 0 Å². The van der Waals surface area contributed by atoms with Crippen LogP contribution in [-0.4, -0.2) is 43.4 Å². The molecule has 0 amide bonds. The smallest absolute Gasteiger partial charge is 0.197 e. The second-order valence-corrected chi connectivity index (χ2v) is 10.7. The first-order valence-electron chi connectivity index (χ1n) is 11.0. The summed E-state index contributed by atoms with van der Waals surface area (Å²) in [5, 5.41) is 0. The third kappa shape index (κ3) is 4.27. The molecule has 1 saturated heterocycles. The molecule has 3 aliphatic rings. The van der Waals surface area contributed by atoms with Crippen LogP contribution in [0.2, 0.25) is 0 Å². The van der Waals surface area contributed by atoms with Crippen molar-refractivity contribution in [3.05, 3.63) is 23.0 Å². The molecule has 0 radical (unpaired) electrons. The fraction of sp³-hybridized carbons (Fsp3) is 0.750. The van der Waals surface area contributed by atoms with E-state index in [1.807, 2.05) is 6.07 Å². The largest absolute Gasteiger partial charge is 0.493 e. The zero-order valence-corrected chi connectivity index (χ0v) is 18.8. The van der Waals surface area contributed by atoms with E-state index in [2.05, 4.69) is 39.5 Å². The molecule has 4 nitrogen and oxygen atoms in total. The predicted molar refractivity (Wildman–Crippen MR) is 112 cm³/mol. The average molecular weight is 406 g/mol. The van der Waals surface area contributed by atoms with Crippen LogP contribution in [0.25, 0.3) is 0 Å². The van der Waals surface area contributed by atoms with Crippen LogP contribution in [-0.2, 0) is 11.2 Å². The number of fused-ring (bicyclic) bond motifs is 3. The predicted octanol–water partition coefficient (Wildman–Crippen LogP) is 5.14. The summed E-state index contributed by atoms with van der Waals surface area (Å²) in [7, 11) is 1.60. The molecule has 0 aromatic heterocycles. The molecule has 1 aromatic rings. The standard InChI is InChI=1S/C24H36FNO3/c1-23(2,3)29-16-7-8-19-18-11-20(27-6)22(28-14-15-12-24(15,4)5)21(25)17(18)9-10-26(19)13-16/h11,15-16,19H,7-10,12-14H2,1-6H3. The highest BCUT2D eigenvalue weighted by Crippen LogP contribution is 2.52. The van der Waals surface area contributed by atoms with Gasteiger partial charge in [0, 0.05) is 19.1 Å². The lowest BCUT2D eigenvalue weighted by molar-refractivity contribution is -0.0972. The van der Waals surface area contributed by atoms with Crippen molar-refractivity contribution in [1.29, 1.82) is 0 Å². The molecular formula is C24H36FNO3. The van der Waals surface area contributed by atoms with Gasteiger partial charge in [-0.1, -0.05) is 13.8 Å². The number of nitrogens with zero attached hydrogens (tertiary/aromatic N) is 1. The van der Waals surface area contributed by atoms with Crippen molar-refractivity contribution in [2.75, 3.05) is 26.8 Å². The van der Waals surface area contributed by atoms with Crippen LogP contribution in [0.3, 0.4) is 0 Å². The van der Waals surface area contributed by atoms with E-state index < -0.39 is 0 Å². The van der Waals surface area contributed by atoms with Crippen molar-refractivity contribution in [2.45, 2.75) is 78.0 Å². The van der Waals surface area contributed by atoms with E-state index in [0.717, 1.165) is 43.5 Å². The molecule has 3 unspecified atom stereocenters. The molecule has 0 N–H and O–H groups in total. The molecule has 0 spiro atoms. The number of ether oxygens (including phenoxy) is 3. The van der Waals surface area contributed by atoms with Gasteiger partial charge in [0.1, 0.15) is 0 Å². The fourth-order valence-corrected chi connectivity index (χ4v) is 5.01. The highest BCUT2D eigenvalue weighted by atomic mass is 19.1. The quantitative estimate of drug-likeness (QED) is 0.679. The van der Waals surface area contributed by atoms with E-state index in [4.69, 9.17) is 14.2 Å². The van der Waals surface area contributed by atoms with Crippen LogP contribution in [0.15, 0.2) is 6.07 Å². The first-order chi connectivity index (χ1) is 13.6. The molecule has 1 aromatic carbocycles. The van der Waals surface area contributed by atoms with E-state index in [1.54, 1.807) is 7.11 Å². The van der Waals surface area contributed by atoms with E-state index in [1.165, 1.54) is 0 Å². The maximum atomic E-state index is 15.5. The maximum absolute atomic E-state index is 15.5. The molecule has 5 heteroatoms. The Morgan fingerprint density at radius 1 is 1.24 bits per heavy atom. The Hall–Kier alpha value is -1.33. The zero-order chi connectivity index (χ0) is 21.0. The number of methoxy groups -OCH3 is 1. The number of piperidine rings is 1. The van der Waals surface area contributed by atoms with Gasteiger partial charge in [0.2, 0.25) is 0 Å². The third-order valence-electron chi connectivity index (χ3n) is 6.86. The van der Waals surface area contributed by atoms with E-state index >= 15 is 4.39 Å². The Morgan fingerprint density at radius 2 is 1.97 bits per heavy atom. The third-order valence-corrected chi connectivity index (χ3v) is 6.86. The average Bonchev–Trinajstić information content (AvgIpc) is 3.25. The summed E-state index contributed by atoms with van der Waals surface area (Å²) >= 11 is 0. The number of hydrogen-bond acceptors (Lipinski definition) is 4. The molecule has 2 fully saturated rings. The highest BCUT2D eigenvalue weighted by molar-refractivity contribution is 5.51. The number of halogens is 1. The molecule has 29 heavy (non-hydrogen) atoms. The van der Waals surface area contributed by atoms with Crippen molar-refractivity contribution in [3.8, 4) is 11.5 Å². The van der Waals surface area contributed by atoms with Gasteiger partial charge in [-0.25, -0.2) is 4.39 Å².